The molecule has 15 nitrogen and oxygen atoms in total. The van der Waals surface area contributed by atoms with Gasteiger partial charge in [-0.2, -0.15) is 0 Å². The number of hydrogen-bond acceptors (Lipinski definition) is 9. The van der Waals surface area contributed by atoms with E-state index >= 15 is 0 Å². The highest BCUT2D eigenvalue weighted by Crippen LogP contribution is 2.34. The van der Waals surface area contributed by atoms with Gasteiger partial charge >= 0.3 is 0 Å². The Hall–Kier alpha value is -6.38. The van der Waals surface area contributed by atoms with Gasteiger partial charge in [-0.05, 0) is 73.9 Å². The van der Waals surface area contributed by atoms with Crippen molar-refractivity contribution in [3.05, 3.63) is 96.1 Å². The zero-order chi connectivity index (χ0) is 43.1. The lowest BCUT2D eigenvalue weighted by atomic mass is 9.98. The van der Waals surface area contributed by atoms with Crippen molar-refractivity contribution in [3.63, 3.8) is 0 Å². The van der Waals surface area contributed by atoms with Gasteiger partial charge in [0.15, 0.2) is 11.5 Å². The summed E-state index contributed by atoms with van der Waals surface area (Å²) in [6.45, 7) is 8.28. The second-order valence-electron chi connectivity index (χ2n) is 15.0. The number of carbonyl (C=O) groups excluding carboxylic acids is 6. The van der Waals surface area contributed by atoms with E-state index in [4.69, 9.17) is 14.2 Å². The first kappa shape index (κ1) is 43.7. The van der Waals surface area contributed by atoms with Crippen LogP contribution in [0.3, 0.4) is 0 Å². The minimum absolute atomic E-state index is 0.00456. The SMILES string of the molecule is C=CCN1C(=O)[C@@H](C)NC(=O)[C@@H]2Cc3ccc(OC)c(c3)Oc3ccc(cc3)C[C@@H](C(=O)N2C)N(C)C(=O)[C@H](C)NC(=O)[C@H](Cc2ccc(OC)cc2)N(C)C(=O)[C@@H]1C. The number of methoxy groups -OCH3 is 2. The molecule has 0 aromatic heterocycles. The molecule has 0 unspecified atom stereocenters. The molecule has 6 atom stereocenters. The third-order valence-electron chi connectivity index (χ3n) is 11.1. The van der Waals surface area contributed by atoms with E-state index in [9.17, 15) is 28.8 Å². The molecule has 0 saturated carbocycles. The third kappa shape index (κ3) is 9.85. The number of rotatable bonds is 6. The van der Waals surface area contributed by atoms with Crippen molar-refractivity contribution in [2.45, 2.75) is 76.3 Å². The van der Waals surface area contributed by atoms with Gasteiger partial charge in [-0.3, -0.25) is 28.8 Å². The minimum Gasteiger partial charge on any atom is -0.497 e. The van der Waals surface area contributed by atoms with Gasteiger partial charge in [0.25, 0.3) is 0 Å². The molecule has 0 spiro atoms. The largest absolute Gasteiger partial charge is 0.497 e. The Labute approximate surface area is 345 Å². The number of amides is 6. The lowest BCUT2D eigenvalue weighted by molar-refractivity contribution is -0.151. The van der Waals surface area contributed by atoms with Crippen LogP contribution >= 0.6 is 0 Å². The van der Waals surface area contributed by atoms with Gasteiger partial charge in [-0.1, -0.05) is 36.4 Å². The van der Waals surface area contributed by atoms with Crippen molar-refractivity contribution in [1.29, 1.82) is 0 Å². The fourth-order valence-electron chi connectivity index (χ4n) is 7.38. The normalized spacial score (nSPS) is 23.8. The summed E-state index contributed by atoms with van der Waals surface area (Å²) in [6.07, 6.45) is 1.58. The quantitative estimate of drug-likeness (QED) is 0.356. The van der Waals surface area contributed by atoms with Crippen molar-refractivity contribution in [2.75, 3.05) is 41.9 Å². The van der Waals surface area contributed by atoms with Crippen LogP contribution in [0, 0.1) is 0 Å². The van der Waals surface area contributed by atoms with Crippen LogP contribution in [0.25, 0.3) is 0 Å². The predicted molar refractivity (Wildman–Crippen MR) is 220 cm³/mol. The molecule has 2 N–H and O–H groups in total. The molecule has 15 heteroatoms. The lowest BCUT2D eigenvalue weighted by Gasteiger charge is -2.38. The second kappa shape index (κ2) is 18.9. The van der Waals surface area contributed by atoms with Crippen LogP contribution in [0.5, 0.6) is 23.0 Å². The molecule has 0 radical (unpaired) electrons. The molecule has 3 aliphatic rings. The third-order valence-corrected chi connectivity index (χ3v) is 11.1. The first-order chi connectivity index (χ1) is 28.1. The molecule has 3 aromatic carbocycles. The van der Waals surface area contributed by atoms with Gasteiger partial charge in [0.2, 0.25) is 35.4 Å². The number of hydrogen-bond donors (Lipinski definition) is 2. The highest BCUT2D eigenvalue weighted by atomic mass is 16.5. The zero-order valence-corrected chi connectivity index (χ0v) is 34.9. The summed E-state index contributed by atoms with van der Waals surface area (Å²) in [5, 5.41) is 5.59. The molecule has 6 bridgehead atoms. The highest BCUT2D eigenvalue weighted by molar-refractivity contribution is 5.98. The Morgan fingerprint density at radius 2 is 1.29 bits per heavy atom. The number of likely N-dealkylation sites (N-methyl/N-ethyl adjacent to an activating group) is 3. The van der Waals surface area contributed by atoms with Crippen LogP contribution in [0.4, 0.5) is 0 Å². The predicted octanol–water partition coefficient (Wildman–Crippen LogP) is 2.74. The standard InChI is InChI=1S/C44H54N6O9/c1-10-21-50-28(4)43(55)47(5)34(22-29-11-16-32(57-8)17-12-29)39(51)45-26(2)41(53)49(7)36-23-30-13-18-33(19-14-30)59-38-25-31(15-20-37(38)58-9)24-35(48(6)44(36)56)40(52)46-27(3)42(50)54/h10-20,25-28,34-36H,1,21-24H2,2-9H3,(H,45,51)(H,46,52)/t26-,27+,28-,34-,35-,36-/m0/s1. The molecular weight excluding hydrogens is 757 g/mol. The average molecular weight is 811 g/mol. The van der Waals surface area contributed by atoms with Gasteiger partial charge in [0, 0.05) is 47.0 Å². The molecule has 3 aromatic rings. The Morgan fingerprint density at radius 3 is 1.92 bits per heavy atom. The first-order valence-corrected chi connectivity index (χ1v) is 19.5. The first-order valence-electron chi connectivity index (χ1n) is 19.5. The molecular formula is C44H54N6O9. The summed E-state index contributed by atoms with van der Waals surface area (Å²) >= 11 is 0. The van der Waals surface area contributed by atoms with E-state index in [1.165, 1.54) is 81.8 Å². The van der Waals surface area contributed by atoms with E-state index in [-0.39, 0.29) is 25.8 Å². The summed E-state index contributed by atoms with van der Waals surface area (Å²) in [7, 11) is 7.48. The lowest BCUT2D eigenvalue weighted by Crippen LogP contribution is -2.62. The summed E-state index contributed by atoms with van der Waals surface area (Å²) in [5.41, 5.74) is 2.01. The maximum atomic E-state index is 14.8. The highest BCUT2D eigenvalue weighted by Gasteiger charge is 2.40. The van der Waals surface area contributed by atoms with E-state index < -0.39 is 71.7 Å². The van der Waals surface area contributed by atoms with Crippen LogP contribution in [-0.4, -0.2) is 133 Å². The van der Waals surface area contributed by atoms with Crippen molar-refractivity contribution in [1.82, 2.24) is 30.2 Å². The second-order valence-corrected chi connectivity index (χ2v) is 15.0. The molecule has 6 rings (SSSR count). The number of carbonyl (C=O) groups is 6. The van der Waals surface area contributed by atoms with Crippen LogP contribution in [0.1, 0.15) is 37.5 Å². The van der Waals surface area contributed by atoms with Crippen LogP contribution in [0.15, 0.2) is 79.4 Å². The Bertz CT molecular complexity index is 2060. The summed E-state index contributed by atoms with van der Waals surface area (Å²) in [5.74, 6) is -1.58. The number of fused-ring (bicyclic) bond motifs is 2. The van der Waals surface area contributed by atoms with Crippen molar-refractivity contribution < 1.29 is 43.0 Å². The topological polar surface area (TPSA) is 167 Å². The average Bonchev–Trinajstić information content (AvgIpc) is 3.23. The minimum atomic E-state index is -1.18. The van der Waals surface area contributed by atoms with Gasteiger partial charge in [-0.15, -0.1) is 6.58 Å². The van der Waals surface area contributed by atoms with Crippen LogP contribution in [-0.2, 0) is 48.0 Å². The molecule has 0 aliphatic carbocycles. The van der Waals surface area contributed by atoms with Gasteiger partial charge < -0.3 is 44.4 Å². The van der Waals surface area contributed by atoms with E-state index in [2.05, 4.69) is 17.2 Å². The molecule has 6 amide bonds. The van der Waals surface area contributed by atoms with Crippen molar-refractivity contribution >= 4 is 35.4 Å². The van der Waals surface area contributed by atoms with Crippen LogP contribution < -0.4 is 24.8 Å². The number of ether oxygens (including phenoxy) is 3. The number of nitrogens with zero attached hydrogens (tertiary/aromatic N) is 4. The summed E-state index contributed by atoms with van der Waals surface area (Å²) < 4.78 is 17.1. The monoisotopic (exact) mass is 810 g/mol. The van der Waals surface area contributed by atoms with Gasteiger partial charge in [0.05, 0.1) is 14.2 Å². The molecule has 3 aliphatic heterocycles. The van der Waals surface area contributed by atoms with Gasteiger partial charge in [-0.25, -0.2) is 0 Å². The number of benzene rings is 3. The van der Waals surface area contributed by atoms with Gasteiger partial charge in [0.1, 0.15) is 47.8 Å². The molecule has 314 valence electrons. The van der Waals surface area contributed by atoms with Crippen molar-refractivity contribution in [3.8, 4) is 23.0 Å². The maximum Gasteiger partial charge on any atom is 0.246 e. The summed E-state index contributed by atoms with van der Waals surface area (Å²) in [4.78, 5) is 91.4. The van der Waals surface area contributed by atoms with E-state index in [0.717, 1.165) is 0 Å². The molecule has 59 heavy (non-hydrogen) atoms. The number of nitrogens with one attached hydrogen (secondary N) is 2. The fraction of sp³-hybridized carbons (Fsp3) is 0.409. The molecule has 1 saturated heterocycles. The Kier molecular flexibility index (Phi) is 14.0. The summed E-state index contributed by atoms with van der Waals surface area (Å²) in [6, 6.07) is 12.4. The van der Waals surface area contributed by atoms with E-state index in [0.29, 0.717) is 39.7 Å². The zero-order valence-electron chi connectivity index (χ0n) is 34.9. The Morgan fingerprint density at radius 1 is 0.695 bits per heavy atom. The molecule has 3 heterocycles. The fourth-order valence-corrected chi connectivity index (χ4v) is 7.38. The maximum absolute atomic E-state index is 14.8. The molecule has 1 fully saturated rings. The van der Waals surface area contributed by atoms with E-state index in [1.54, 1.807) is 66.7 Å². The van der Waals surface area contributed by atoms with Crippen molar-refractivity contribution in [2.24, 2.45) is 0 Å². The Balaban J connectivity index is 1.62. The van der Waals surface area contributed by atoms with E-state index in [1.807, 2.05) is 0 Å². The van der Waals surface area contributed by atoms with Crippen LogP contribution in [0.2, 0.25) is 0 Å². The smallest absolute Gasteiger partial charge is 0.246 e.